The van der Waals surface area contributed by atoms with E-state index in [-0.39, 0.29) is 0 Å². The zero-order chi connectivity index (χ0) is 18.9. The van der Waals surface area contributed by atoms with Crippen molar-refractivity contribution in [1.29, 1.82) is 0 Å². The van der Waals surface area contributed by atoms with Crippen LogP contribution in [0.15, 0.2) is 54.6 Å². The average molecular weight is 404 g/mol. The molecule has 1 heterocycles. The van der Waals surface area contributed by atoms with Gasteiger partial charge < -0.3 is 15.0 Å². The summed E-state index contributed by atoms with van der Waals surface area (Å²) in [5, 5.41) is 4.85. The van der Waals surface area contributed by atoms with Gasteiger partial charge in [-0.15, -0.1) is 0 Å². The van der Waals surface area contributed by atoms with Gasteiger partial charge in [0, 0.05) is 43.4 Å². The largest absolute Gasteiger partial charge is 0.379 e. The average Bonchev–Trinajstić information content (AvgIpc) is 2.70. The quantitative estimate of drug-likeness (QED) is 0.697. The fourth-order valence-electron chi connectivity index (χ4n) is 3.12. The highest BCUT2D eigenvalue weighted by Gasteiger charge is 2.14. The van der Waals surface area contributed by atoms with Crippen molar-refractivity contribution in [2.24, 2.45) is 0 Å². The molecule has 1 fully saturated rings. The van der Waals surface area contributed by atoms with Crippen molar-refractivity contribution in [3.8, 4) is 0 Å². The summed E-state index contributed by atoms with van der Waals surface area (Å²) in [5.74, 6) is 0. The first-order valence-corrected chi connectivity index (χ1v) is 10.2. The number of halogens is 1. The minimum absolute atomic E-state index is 0.696. The van der Waals surface area contributed by atoms with Crippen LogP contribution >= 0.6 is 23.8 Å². The summed E-state index contributed by atoms with van der Waals surface area (Å²) in [5.41, 5.74) is 2.09. The number of hydrogen-bond donors (Lipinski definition) is 1. The maximum atomic E-state index is 6.38. The highest BCUT2D eigenvalue weighted by molar-refractivity contribution is 7.80. The van der Waals surface area contributed by atoms with Gasteiger partial charge >= 0.3 is 0 Å². The molecule has 144 valence electrons. The van der Waals surface area contributed by atoms with Crippen LogP contribution in [0.4, 0.5) is 5.69 Å². The van der Waals surface area contributed by atoms with Gasteiger partial charge in [0.05, 0.1) is 13.2 Å². The van der Waals surface area contributed by atoms with Crippen LogP contribution in [-0.4, -0.2) is 54.3 Å². The van der Waals surface area contributed by atoms with Crippen molar-refractivity contribution in [3.05, 3.63) is 65.2 Å². The third-order valence-corrected chi connectivity index (χ3v) is 5.37. The Balaban J connectivity index is 1.62. The van der Waals surface area contributed by atoms with E-state index in [0.29, 0.717) is 6.54 Å². The van der Waals surface area contributed by atoms with Crippen molar-refractivity contribution < 1.29 is 4.74 Å². The molecule has 1 saturated heterocycles. The number of thiocarbonyl (C=S) groups is 1. The summed E-state index contributed by atoms with van der Waals surface area (Å²) in [7, 11) is 0. The SMILES string of the molecule is S=C(Nc1ccccc1)N(CCCN1CCOCC1)Cc1ccccc1Cl. The molecule has 0 amide bonds. The van der Waals surface area contributed by atoms with Crippen LogP contribution in [0.25, 0.3) is 0 Å². The molecule has 0 aromatic heterocycles. The van der Waals surface area contributed by atoms with Crippen LogP contribution in [0.2, 0.25) is 5.02 Å². The molecule has 4 nitrogen and oxygen atoms in total. The van der Waals surface area contributed by atoms with Crippen molar-refractivity contribution in [3.63, 3.8) is 0 Å². The summed E-state index contributed by atoms with van der Waals surface area (Å²) >= 11 is 12.1. The van der Waals surface area contributed by atoms with Crippen LogP contribution in [0.3, 0.4) is 0 Å². The minimum Gasteiger partial charge on any atom is -0.379 e. The molecule has 0 saturated carbocycles. The molecule has 1 aliphatic heterocycles. The molecule has 0 aliphatic carbocycles. The molecule has 3 rings (SSSR count). The van der Waals surface area contributed by atoms with Crippen LogP contribution in [0, 0.1) is 0 Å². The Morgan fingerprint density at radius 1 is 1.07 bits per heavy atom. The Labute approximate surface area is 172 Å². The van der Waals surface area contributed by atoms with Gasteiger partial charge in [0.1, 0.15) is 0 Å². The van der Waals surface area contributed by atoms with Gasteiger partial charge in [-0.3, -0.25) is 4.90 Å². The third kappa shape index (κ3) is 6.47. The van der Waals surface area contributed by atoms with Crippen molar-refractivity contribution in [1.82, 2.24) is 9.80 Å². The van der Waals surface area contributed by atoms with Gasteiger partial charge in [-0.25, -0.2) is 0 Å². The third-order valence-electron chi connectivity index (χ3n) is 4.64. The molecule has 0 unspecified atom stereocenters. The smallest absolute Gasteiger partial charge is 0.173 e. The monoisotopic (exact) mass is 403 g/mol. The summed E-state index contributed by atoms with van der Waals surface area (Å²) < 4.78 is 5.43. The molecule has 27 heavy (non-hydrogen) atoms. The second-order valence-electron chi connectivity index (χ2n) is 6.62. The highest BCUT2D eigenvalue weighted by Crippen LogP contribution is 2.18. The molecule has 2 aromatic rings. The highest BCUT2D eigenvalue weighted by atomic mass is 35.5. The Morgan fingerprint density at radius 2 is 1.78 bits per heavy atom. The maximum Gasteiger partial charge on any atom is 0.173 e. The molecule has 0 radical (unpaired) electrons. The number of para-hydroxylation sites is 1. The van der Waals surface area contributed by atoms with E-state index in [0.717, 1.165) is 67.2 Å². The van der Waals surface area contributed by atoms with Crippen LogP contribution < -0.4 is 5.32 Å². The zero-order valence-corrected chi connectivity index (χ0v) is 17.0. The molecular weight excluding hydrogens is 378 g/mol. The molecule has 0 atom stereocenters. The standard InChI is InChI=1S/C21H26ClN3OS/c22-20-10-5-4-7-18(20)17-25(12-6-11-24-13-15-26-16-14-24)21(27)23-19-8-2-1-3-9-19/h1-5,7-10H,6,11-17H2,(H,23,27). The second-order valence-corrected chi connectivity index (χ2v) is 7.41. The Kier molecular flexibility index (Phi) is 7.90. The topological polar surface area (TPSA) is 27.7 Å². The first-order chi connectivity index (χ1) is 13.2. The molecule has 0 spiro atoms. The zero-order valence-electron chi connectivity index (χ0n) is 15.4. The van der Waals surface area contributed by atoms with E-state index < -0.39 is 0 Å². The van der Waals surface area contributed by atoms with Gasteiger partial charge in [-0.1, -0.05) is 48.0 Å². The first-order valence-electron chi connectivity index (χ1n) is 9.37. The van der Waals surface area contributed by atoms with Gasteiger partial charge in [-0.05, 0) is 42.4 Å². The Morgan fingerprint density at radius 3 is 2.52 bits per heavy atom. The lowest BCUT2D eigenvalue weighted by Crippen LogP contribution is -2.40. The first kappa shape index (κ1) is 20.1. The van der Waals surface area contributed by atoms with E-state index >= 15 is 0 Å². The number of nitrogens with one attached hydrogen (secondary N) is 1. The van der Waals surface area contributed by atoms with Crippen molar-refractivity contribution in [2.45, 2.75) is 13.0 Å². The number of benzene rings is 2. The predicted octanol–water partition coefficient (Wildman–Crippen LogP) is 4.26. The van der Waals surface area contributed by atoms with E-state index in [9.17, 15) is 0 Å². The maximum absolute atomic E-state index is 6.38. The molecular formula is C21H26ClN3OS. The lowest BCUT2D eigenvalue weighted by molar-refractivity contribution is 0.0368. The van der Waals surface area contributed by atoms with E-state index in [1.807, 2.05) is 48.5 Å². The molecule has 1 N–H and O–H groups in total. The Hall–Kier alpha value is -1.66. The fraction of sp³-hybridized carbons (Fsp3) is 0.381. The molecule has 0 bridgehead atoms. The van der Waals surface area contributed by atoms with E-state index in [1.165, 1.54) is 0 Å². The molecule has 2 aromatic carbocycles. The normalized spacial score (nSPS) is 14.7. The number of morpholine rings is 1. The van der Waals surface area contributed by atoms with Crippen molar-refractivity contribution >= 4 is 34.6 Å². The number of hydrogen-bond acceptors (Lipinski definition) is 3. The Bertz CT molecular complexity index is 722. The minimum atomic E-state index is 0.696. The number of rotatable bonds is 7. The molecule has 1 aliphatic rings. The number of nitrogens with zero attached hydrogens (tertiary/aromatic N) is 2. The summed E-state index contributed by atoms with van der Waals surface area (Å²) in [4.78, 5) is 4.65. The van der Waals surface area contributed by atoms with Gasteiger partial charge in [0.2, 0.25) is 0 Å². The second kappa shape index (κ2) is 10.6. The van der Waals surface area contributed by atoms with Gasteiger partial charge in [0.15, 0.2) is 5.11 Å². The lowest BCUT2D eigenvalue weighted by Gasteiger charge is -2.30. The van der Waals surface area contributed by atoms with Gasteiger partial charge in [0.25, 0.3) is 0 Å². The van der Waals surface area contributed by atoms with E-state index in [4.69, 9.17) is 28.6 Å². The lowest BCUT2D eigenvalue weighted by atomic mass is 10.2. The fourth-order valence-corrected chi connectivity index (χ4v) is 3.59. The van der Waals surface area contributed by atoms with Crippen LogP contribution in [-0.2, 0) is 11.3 Å². The molecule has 6 heteroatoms. The predicted molar refractivity (Wildman–Crippen MR) is 116 cm³/mol. The summed E-state index contributed by atoms with van der Waals surface area (Å²) in [6.07, 6.45) is 1.04. The van der Waals surface area contributed by atoms with E-state index in [2.05, 4.69) is 21.2 Å². The summed E-state index contributed by atoms with van der Waals surface area (Å²) in [6, 6.07) is 18.0. The number of anilines is 1. The van der Waals surface area contributed by atoms with Gasteiger partial charge in [-0.2, -0.15) is 0 Å². The number of ether oxygens (including phenoxy) is 1. The van der Waals surface area contributed by atoms with Crippen LogP contribution in [0.1, 0.15) is 12.0 Å². The van der Waals surface area contributed by atoms with Crippen LogP contribution in [0.5, 0.6) is 0 Å². The summed E-state index contributed by atoms with van der Waals surface area (Å²) in [6.45, 7) is 6.31. The van der Waals surface area contributed by atoms with Crippen molar-refractivity contribution in [2.75, 3.05) is 44.7 Å². The van der Waals surface area contributed by atoms with E-state index in [1.54, 1.807) is 0 Å².